The monoisotopic (exact) mass is 309 g/mol. The largest absolute Gasteiger partial charge is 0.493 e. The average Bonchev–Trinajstić information content (AvgIpc) is 2.56. The van der Waals surface area contributed by atoms with Crippen LogP contribution in [-0.2, 0) is 4.79 Å². The molecule has 2 aromatic carbocycles. The number of ether oxygens (including phenoxy) is 1. The molecule has 0 aromatic heterocycles. The second-order valence-electron chi connectivity index (χ2n) is 5.47. The van der Waals surface area contributed by atoms with Crippen LogP contribution in [0.4, 0.5) is 5.69 Å². The summed E-state index contributed by atoms with van der Waals surface area (Å²) < 4.78 is 5.70. The molecule has 0 aliphatic carbocycles. The summed E-state index contributed by atoms with van der Waals surface area (Å²) in [5.74, 6) is 0.829. The van der Waals surface area contributed by atoms with Crippen LogP contribution in [0.15, 0.2) is 61.2 Å². The van der Waals surface area contributed by atoms with E-state index in [1.807, 2.05) is 48.5 Å². The molecule has 0 heterocycles. The molecule has 0 saturated carbocycles. The maximum Gasteiger partial charge on any atom is 0.230 e. The lowest BCUT2D eigenvalue weighted by atomic mass is 10.1. The molecular weight excluding hydrogens is 286 g/mol. The minimum absolute atomic E-state index is 0.0277. The fraction of sp³-hybridized carbons (Fsp3) is 0.250. The van der Waals surface area contributed by atoms with Gasteiger partial charge in [-0.2, -0.15) is 0 Å². The standard InChI is InChI=1S/C20H23NO2/c1-4-13-21(18-8-6-5-7-9-18)20(22)12-14-23-19-11-10-16(2)17(3)15-19/h4-11,15H,1,12-14H2,2-3H3. The molecule has 3 nitrogen and oxygen atoms in total. The number of nitrogens with zero attached hydrogens (tertiary/aromatic N) is 1. The Balaban J connectivity index is 1.94. The van der Waals surface area contributed by atoms with Gasteiger partial charge in [0.05, 0.1) is 13.0 Å². The molecule has 0 atom stereocenters. The SMILES string of the molecule is C=CCN(C(=O)CCOc1ccc(C)c(C)c1)c1ccccc1. The van der Waals surface area contributed by atoms with E-state index in [-0.39, 0.29) is 5.91 Å². The number of anilines is 1. The smallest absolute Gasteiger partial charge is 0.230 e. The topological polar surface area (TPSA) is 29.5 Å². The van der Waals surface area contributed by atoms with Crippen LogP contribution in [0.5, 0.6) is 5.75 Å². The van der Waals surface area contributed by atoms with Crippen molar-refractivity contribution in [2.45, 2.75) is 20.3 Å². The minimum atomic E-state index is 0.0277. The van der Waals surface area contributed by atoms with Crippen molar-refractivity contribution in [2.75, 3.05) is 18.1 Å². The summed E-state index contributed by atoms with van der Waals surface area (Å²) in [7, 11) is 0. The number of hydrogen-bond donors (Lipinski definition) is 0. The molecule has 0 bridgehead atoms. The maximum atomic E-state index is 12.4. The lowest BCUT2D eigenvalue weighted by Crippen LogP contribution is -2.32. The van der Waals surface area contributed by atoms with Crippen molar-refractivity contribution in [3.63, 3.8) is 0 Å². The van der Waals surface area contributed by atoms with Crippen LogP contribution in [0.3, 0.4) is 0 Å². The van der Waals surface area contributed by atoms with Crippen LogP contribution in [-0.4, -0.2) is 19.1 Å². The highest BCUT2D eigenvalue weighted by atomic mass is 16.5. The number of hydrogen-bond acceptors (Lipinski definition) is 2. The van der Waals surface area contributed by atoms with Crippen LogP contribution >= 0.6 is 0 Å². The van der Waals surface area contributed by atoms with E-state index in [1.54, 1.807) is 11.0 Å². The molecule has 3 heteroatoms. The predicted molar refractivity (Wildman–Crippen MR) is 95.0 cm³/mol. The summed E-state index contributed by atoms with van der Waals surface area (Å²) in [6.45, 7) is 8.70. The van der Waals surface area contributed by atoms with Crippen molar-refractivity contribution in [3.05, 3.63) is 72.3 Å². The average molecular weight is 309 g/mol. The first kappa shape index (κ1) is 16.8. The van der Waals surface area contributed by atoms with Crippen molar-refractivity contribution in [3.8, 4) is 5.75 Å². The Bertz CT molecular complexity index is 665. The Morgan fingerprint density at radius 3 is 2.52 bits per heavy atom. The number of benzene rings is 2. The van der Waals surface area contributed by atoms with Crippen molar-refractivity contribution in [2.24, 2.45) is 0 Å². The summed E-state index contributed by atoms with van der Waals surface area (Å²) in [5.41, 5.74) is 3.30. The Kier molecular flexibility index (Phi) is 5.98. The molecule has 0 aliphatic heterocycles. The maximum absolute atomic E-state index is 12.4. The van der Waals surface area contributed by atoms with E-state index in [0.717, 1.165) is 11.4 Å². The zero-order valence-corrected chi connectivity index (χ0v) is 13.8. The third-order valence-corrected chi connectivity index (χ3v) is 3.74. The molecular formula is C20H23NO2. The Morgan fingerprint density at radius 1 is 1.13 bits per heavy atom. The molecule has 120 valence electrons. The van der Waals surface area contributed by atoms with Gasteiger partial charge in [0.15, 0.2) is 0 Å². The molecule has 1 amide bonds. The predicted octanol–water partition coefficient (Wildman–Crippen LogP) is 4.29. The van der Waals surface area contributed by atoms with Crippen LogP contribution in [0, 0.1) is 13.8 Å². The highest BCUT2D eigenvalue weighted by molar-refractivity contribution is 5.93. The first-order valence-corrected chi connectivity index (χ1v) is 7.78. The summed E-state index contributed by atoms with van der Waals surface area (Å²) >= 11 is 0. The molecule has 2 rings (SSSR count). The first-order chi connectivity index (χ1) is 11.1. The number of carbonyl (C=O) groups is 1. The van der Waals surface area contributed by atoms with Gasteiger partial charge in [-0.05, 0) is 49.2 Å². The van der Waals surface area contributed by atoms with Gasteiger partial charge in [0.1, 0.15) is 5.75 Å². The highest BCUT2D eigenvalue weighted by Gasteiger charge is 2.14. The van der Waals surface area contributed by atoms with Crippen molar-refractivity contribution >= 4 is 11.6 Å². The molecule has 0 aliphatic rings. The molecule has 0 radical (unpaired) electrons. The Morgan fingerprint density at radius 2 is 1.87 bits per heavy atom. The highest BCUT2D eigenvalue weighted by Crippen LogP contribution is 2.18. The van der Waals surface area contributed by atoms with Gasteiger partial charge in [-0.3, -0.25) is 4.79 Å². The second kappa shape index (κ2) is 8.18. The molecule has 0 unspecified atom stereocenters. The summed E-state index contributed by atoms with van der Waals surface area (Å²) in [5, 5.41) is 0. The van der Waals surface area contributed by atoms with E-state index >= 15 is 0 Å². The summed E-state index contributed by atoms with van der Waals surface area (Å²) in [6, 6.07) is 15.6. The number of rotatable bonds is 7. The lowest BCUT2D eigenvalue weighted by Gasteiger charge is -2.21. The van der Waals surface area contributed by atoms with Gasteiger partial charge in [-0.15, -0.1) is 6.58 Å². The van der Waals surface area contributed by atoms with Crippen LogP contribution in [0.25, 0.3) is 0 Å². The van der Waals surface area contributed by atoms with Crippen molar-refractivity contribution in [1.82, 2.24) is 0 Å². The van der Waals surface area contributed by atoms with E-state index < -0.39 is 0 Å². The fourth-order valence-electron chi connectivity index (χ4n) is 2.28. The summed E-state index contributed by atoms with van der Waals surface area (Å²) in [6.07, 6.45) is 2.06. The zero-order chi connectivity index (χ0) is 16.7. The van der Waals surface area contributed by atoms with E-state index in [1.165, 1.54) is 11.1 Å². The van der Waals surface area contributed by atoms with Crippen LogP contribution in [0.2, 0.25) is 0 Å². The van der Waals surface area contributed by atoms with Gasteiger partial charge in [0.25, 0.3) is 0 Å². The van der Waals surface area contributed by atoms with Crippen LogP contribution in [0.1, 0.15) is 17.5 Å². The Hall–Kier alpha value is -2.55. The lowest BCUT2D eigenvalue weighted by molar-refractivity contribution is -0.119. The number of amides is 1. The molecule has 0 saturated heterocycles. The third kappa shape index (κ3) is 4.71. The molecule has 0 N–H and O–H groups in total. The van der Waals surface area contributed by atoms with Gasteiger partial charge in [0.2, 0.25) is 5.91 Å². The van der Waals surface area contributed by atoms with Gasteiger partial charge >= 0.3 is 0 Å². The zero-order valence-electron chi connectivity index (χ0n) is 13.8. The van der Waals surface area contributed by atoms with E-state index in [2.05, 4.69) is 20.4 Å². The van der Waals surface area contributed by atoms with Gasteiger partial charge in [-0.1, -0.05) is 30.3 Å². The molecule has 0 fully saturated rings. The summed E-state index contributed by atoms with van der Waals surface area (Å²) in [4.78, 5) is 14.2. The van der Waals surface area contributed by atoms with E-state index in [4.69, 9.17) is 4.74 Å². The number of carbonyl (C=O) groups excluding carboxylic acids is 1. The van der Waals surface area contributed by atoms with Gasteiger partial charge in [0, 0.05) is 12.2 Å². The van der Waals surface area contributed by atoms with E-state index in [9.17, 15) is 4.79 Å². The molecule has 2 aromatic rings. The van der Waals surface area contributed by atoms with Crippen molar-refractivity contribution in [1.29, 1.82) is 0 Å². The van der Waals surface area contributed by atoms with Gasteiger partial charge < -0.3 is 9.64 Å². The van der Waals surface area contributed by atoms with Crippen molar-refractivity contribution < 1.29 is 9.53 Å². The normalized spacial score (nSPS) is 10.2. The van der Waals surface area contributed by atoms with E-state index in [0.29, 0.717) is 19.6 Å². The fourth-order valence-corrected chi connectivity index (χ4v) is 2.28. The van der Waals surface area contributed by atoms with Gasteiger partial charge in [-0.25, -0.2) is 0 Å². The molecule has 0 spiro atoms. The number of aryl methyl sites for hydroxylation is 2. The second-order valence-corrected chi connectivity index (χ2v) is 5.47. The Labute approximate surface area is 138 Å². The molecule has 23 heavy (non-hydrogen) atoms. The quantitative estimate of drug-likeness (QED) is 0.714. The first-order valence-electron chi connectivity index (χ1n) is 7.78. The minimum Gasteiger partial charge on any atom is -0.493 e. The third-order valence-electron chi connectivity index (χ3n) is 3.74. The van der Waals surface area contributed by atoms with Crippen LogP contribution < -0.4 is 9.64 Å². The number of para-hydroxylation sites is 1.